The molecule has 5 aromatic rings. The van der Waals surface area contributed by atoms with E-state index >= 15 is 0 Å². The molecule has 5 rings (SSSR count). The fourth-order valence-electron chi connectivity index (χ4n) is 4.96. The molecule has 44 heavy (non-hydrogen) atoms. The molecule has 0 atom stereocenters. The fourth-order valence-corrected chi connectivity index (χ4v) is 5.34. The number of aromatic nitrogens is 2. The molecule has 3 aromatic heterocycles. The summed E-state index contributed by atoms with van der Waals surface area (Å²) in [5, 5.41) is 9.66. The van der Waals surface area contributed by atoms with E-state index in [1.54, 1.807) is 37.1 Å². The standard InChI is InChI=1S/C34H30F3N3O3S/c1-20-21(2)39-27-9-6-16-38-30(27)29(20)31(44)40(19-26-14-15-28(43-26)34(35,36)37)18-22-10-12-23(13-11-22)24-7-5-8-25(17-24)33(3,4)32(41)42/h5-17H,18-19H2,1-4H3,(H,41,42). The number of carboxylic acids is 1. The van der Waals surface area contributed by atoms with Crippen LogP contribution in [0.5, 0.6) is 0 Å². The number of thiocarbonyl (C=S) groups is 1. The minimum absolute atomic E-state index is 0.00187. The lowest BCUT2D eigenvalue weighted by molar-refractivity contribution is -0.153. The van der Waals surface area contributed by atoms with E-state index in [-0.39, 0.29) is 18.8 Å². The molecular formula is C34H30F3N3O3S. The van der Waals surface area contributed by atoms with E-state index in [2.05, 4.69) is 9.97 Å². The van der Waals surface area contributed by atoms with Crippen molar-refractivity contribution >= 4 is 34.2 Å². The van der Waals surface area contributed by atoms with Crippen molar-refractivity contribution in [2.45, 2.75) is 52.4 Å². The lowest BCUT2D eigenvalue weighted by Gasteiger charge is -2.26. The average molecular weight is 618 g/mol. The number of halogens is 3. The summed E-state index contributed by atoms with van der Waals surface area (Å²) in [4.78, 5) is 23.2. The first kappa shape index (κ1) is 30.9. The van der Waals surface area contributed by atoms with Gasteiger partial charge in [0.25, 0.3) is 0 Å². The third-order valence-electron chi connectivity index (χ3n) is 7.80. The highest BCUT2D eigenvalue weighted by Gasteiger charge is 2.35. The van der Waals surface area contributed by atoms with Crippen molar-refractivity contribution < 1.29 is 27.5 Å². The zero-order valence-electron chi connectivity index (χ0n) is 24.6. The first-order valence-corrected chi connectivity index (χ1v) is 14.3. The molecule has 0 unspecified atom stereocenters. The summed E-state index contributed by atoms with van der Waals surface area (Å²) < 4.78 is 45.1. The number of carboxylic acid groups (broad SMARTS) is 1. The van der Waals surface area contributed by atoms with E-state index in [9.17, 15) is 23.1 Å². The smallest absolute Gasteiger partial charge is 0.449 e. The van der Waals surface area contributed by atoms with Crippen LogP contribution in [-0.2, 0) is 29.5 Å². The largest absolute Gasteiger partial charge is 0.481 e. The molecule has 0 bridgehead atoms. The quantitative estimate of drug-likeness (QED) is 0.176. The summed E-state index contributed by atoms with van der Waals surface area (Å²) in [5.41, 5.74) is 5.84. The second-order valence-corrected chi connectivity index (χ2v) is 11.6. The van der Waals surface area contributed by atoms with Gasteiger partial charge in [0.15, 0.2) is 0 Å². The Morgan fingerprint density at radius 2 is 1.68 bits per heavy atom. The number of pyridine rings is 2. The number of carbonyl (C=O) groups is 1. The molecular weight excluding hydrogens is 587 g/mol. The fraction of sp³-hybridized carbons (Fsp3) is 0.235. The molecule has 0 saturated carbocycles. The number of alkyl halides is 3. The highest BCUT2D eigenvalue weighted by Crippen LogP contribution is 2.32. The number of furan rings is 1. The van der Waals surface area contributed by atoms with E-state index in [1.165, 1.54) is 6.07 Å². The van der Waals surface area contributed by atoms with Crippen LogP contribution in [0.15, 0.2) is 83.4 Å². The van der Waals surface area contributed by atoms with Gasteiger partial charge in [-0.3, -0.25) is 14.8 Å². The molecule has 10 heteroatoms. The van der Waals surface area contributed by atoms with Crippen LogP contribution in [0.3, 0.4) is 0 Å². The van der Waals surface area contributed by atoms with Crippen LogP contribution in [0.25, 0.3) is 22.2 Å². The van der Waals surface area contributed by atoms with Crippen LogP contribution in [-0.4, -0.2) is 30.9 Å². The number of nitrogens with zero attached hydrogens (tertiary/aromatic N) is 3. The third-order valence-corrected chi connectivity index (χ3v) is 8.26. The van der Waals surface area contributed by atoms with Gasteiger partial charge in [-0.1, -0.05) is 60.7 Å². The SMILES string of the molecule is Cc1nc2cccnc2c(C(=S)N(Cc2ccc(-c3cccc(C(C)(C)C(=O)O)c3)cc2)Cc2ccc(C(F)(F)F)o2)c1C. The Labute approximate surface area is 258 Å². The highest BCUT2D eigenvalue weighted by molar-refractivity contribution is 7.80. The van der Waals surface area contributed by atoms with Crippen LogP contribution in [0.2, 0.25) is 0 Å². The van der Waals surface area contributed by atoms with Gasteiger partial charge in [-0.2, -0.15) is 13.2 Å². The van der Waals surface area contributed by atoms with Crippen molar-refractivity contribution in [2.75, 3.05) is 0 Å². The predicted octanol–water partition coefficient (Wildman–Crippen LogP) is 8.27. The molecule has 2 aromatic carbocycles. The van der Waals surface area contributed by atoms with Crippen molar-refractivity contribution in [3.8, 4) is 11.1 Å². The molecule has 0 aliphatic heterocycles. The molecule has 0 aliphatic rings. The van der Waals surface area contributed by atoms with Gasteiger partial charge in [0.05, 0.1) is 23.0 Å². The normalized spacial score (nSPS) is 12.0. The maximum Gasteiger partial charge on any atom is 0.449 e. The average Bonchev–Trinajstić information content (AvgIpc) is 3.47. The Bertz CT molecular complexity index is 1860. The van der Waals surface area contributed by atoms with Crippen molar-refractivity contribution in [1.82, 2.24) is 14.9 Å². The molecule has 0 fully saturated rings. The number of aliphatic carboxylic acids is 1. The number of hydrogen-bond acceptors (Lipinski definition) is 5. The van der Waals surface area contributed by atoms with Gasteiger partial charge >= 0.3 is 12.1 Å². The minimum atomic E-state index is -4.60. The molecule has 0 saturated heterocycles. The number of aryl methyl sites for hydroxylation is 1. The molecule has 3 heterocycles. The Morgan fingerprint density at radius 3 is 2.34 bits per heavy atom. The number of rotatable bonds is 8. The number of fused-ring (bicyclic) bond motifs is 1. The summed E-state index contributed by atoms with van der Waals surface area (Å²) in [6, 6.07) is 21.0. The zero-order valence-corrected chi connectivity index (χ0v) is 25.4. The van der Waals surface area contributed by atoms with Gasteiger partial charge < -0.3 is 14.4 Å². The van der Waals surface area contributed by atoms with Gasteiger partial charge in [0, 0.05) is 24.0 Å². The molecule has 1 N–H and O–H groups in total. The van der Waals surface area contributed by atoms with Gasteiger partial charge in [-0.25, -0.2) is 0 Å². The van der Waals surface area contributed by atoms with E-state index in [0.29, 0.717) is 27.1 Å². The summed E-state index contributed by atoms with van der Waals surface area (Å²) in [6.07, 6.45) is -2.95. The first-order chi connectivity index (χ1) is 20.8. The number of benzene rings is 2. The third kappa shape index (κ3) is 6.21. The molecule has 0 aliphatic carbocycles. The lowest BCUT2D eigenvalue weighted by atomic mass is 9.83. The van der Waals surface area contributed by atoms with Gasteiger partial charge in [0.1, 0.15) is 10.7 Å². The Kier molecular flexibility index (Phi) is 8.31. The molecule has 6 nitrogen and oxygen atoms in total. The van der Waals surface area contributed by atoms with Crippen LogP contribution in [0.4, 0.5) is 13.2 Å². The molecule has 0 spiro atoms. The van der Waals surface area contributed by atoms with Gasteiger partial charge in [-0.05, 0) is 79.8 Å². The van der Waals surface area contributed by atoms with Crippen molar-refractivity contribution in [1.29, 1.82) is 0 Å². The summed E-state index contributed by atoms with van der Waals surface area (Å²) in [5.74, 6) is -1.86. The van der Waals surface area contributed by atoms with Crippen LogP contribution < -0.4 is 0 Å². The summed E-state index contributed by atoms with van der Waals surface area (Å²) in [6.45, 7) is 7.39. The Balaban J connectivity index is 1.50. The Hall–Kier alpha value is -4.57. The number of hydrogen-bond donors (Lipinski definition) is 1. The predicted molar refractivity (Wildman–Crippen MR) is 166 cm³/mol. The maximum atomic E-state index is 13.3. The van der Waals surface area contributed by atoms with Crippen molar-refractivity contribution in [2.24, 2.45) is 0 Å². The Morgan fingerprint density at radius 1 is 0.955 bits per heavy atom. The lowest BCUT2D eigenvalue weighted by Crippen LogP contribution is -2.30. The maximum absolute atomic E-state index is 13.3. The van der Waals surface area contributed by atoms with E-state index in [1.807, 2.05) is 62.4 Å². The highest BCUT2D eigenvalue weighted by atomic mass is 32.1. The first-order valence-electron chi connectivity index (χ1n) is 13.9. The zero-order chi connectivity index (χ0) is 31.8. The second-order valence-electron chi connectivity index (χ2n) is 11.2. The van der Waals surface area contributed by atoms with E-state index in [4.69, 9.17) is 16.6 Å². The molecule has 0 amide bonds. The van der Waals surface area contributed by atoms with Crippen molar-refractivity contribution in [3.63, 3.8) is 0 Å². The topological polar surface area (TPSA) is 79.5 Å². The van der Waals surface area contributed by atoms with E-state index in [0.717, 1.165) is 34.0 Å². The van der Waals surface area contributed by atoms with E-state index < -0.39 is 23.3 Å². The molecule has 0 radical (unpaired) electrons. The second kappa shape index (κ2) is 11.8. The van der Waals surface area contributed by atoms with Crippen LogP contribution in [0.1, 0.15) is 53.3 Å². The van der Waals surface area contributed by atoms with Crippen molar-refractivity contribution in [3.05, 3.63) is 118 Å². The van der Waals surface area contributed by atoms with Crippen LogP contribution in [0, 0.1) is 13.8 Å². The molecule has 226 valence electrons. The van der Waals surface area contributed by atoms with Gasteiger partial charge in [0.2, 0.25) is 5.76 Å². The minimum Gasteiger partial charge on any atom is -0.481 e. The van der Waals surface area contributed by atoms with Crippen LogP contribution >= 0.6 is 12.2 Å². The van der Waals surface area contributed by atoms with Gasteiger partial charge in [-0.15, -0.1) is 0 Å². The summed E-state index contributed by atoms with van der Waals surface area (Å²) in [7, 11) is 0. The monoisotopic (exact) mass is 617 g/mol. The summed E-state index contributed by atoms with van der Waals surface area (Å²) >= 11 is 6.01.